The van der Waals surface area contributed by atoms with Gasteiger partial charge in [0.15, 0.2) is 0 Å². The summed E-state index contributed by atoms with van der Waals surface area (Å²) in [5.41, 5.74) is 5.42. The first-order chi connectivity index (χ1) is 5.27. The van der Waals surface area contributed by atoms with Crippen LogP contribution in [0.2, 0.25) is 0 Å². The van der Waals surface area contributed by atoms with E-state index in [0.29, 0.717) is 31.4 Å². The molecule has 3 heteroatoms. The van der Waals surface area contributed by atoms with Crippen molar-refractivity contribution in [2.24, 2.45) is 17.6 Å². The van der Waals surface area contributed by atoms with Crippen LogP contribution in [0.3, 0.4) is 0 Å². The van der Waals surface area contributed by atoms with Gasteiger partial charge in [0, 0.05) is 6.42 Å². The maximum Gasteiger partial charge on any atom is 0.306 e. The number of ether oxygens (including phenoxy) is 1. The standard InChI is InChI=1S/C8H15NO2/c1-2-11-8(10)4-6-3-7(6)5-9/h6-7H,2-5,9H2,1H3/t6-,7+/m0/s1. The first-order valence-corrected chi connectivity index (χ1v) is 4.13. The molecule has 0 heterocycles. The predicted octanol–water partition coefficient (Wildman–Crippen LogP) is 0.534. The number of carbonyl (C=O) groups is 1. The van der Waals surface area contributed by atoms with Crippen LogP contribution in [-0.4, -0.2) is 19.1 Å². The highest BCUT2D eigenvalue weighted by Gasteiger charge is 2.37. The Bertz CT molecular complexity index is 147. The number of hydrogen-bond donors (Lipinski definition) is 1. The highest BCUT2D eigenvalue weighted by atomic mass is 16.5. The van der Waals surface area contributed by atoms with Gasteiger partial charge in [-0.3, -0.25) is 4.79 Å². The molecule has 0 radical (unpaired) electrons. The smallest absolute Gasteiger partial charge is 0.306 e. The van der Waals surface area contributed by atoms with Gasteiger partial charge < -0.3 is 10.5 Å². The second-order valence-corrected chi connectivity index (χ2v) is 3.00. The fourth-order valence-corrected chi connectivity index (χ4v) is 1.28. The van der Waals surface area contributed by atoms with Crippen molar-refractivity contribution in [1.82, 2.24) is 0 Å². The van der Waals surface area contributed by atoms with E-state index >= 15 is 0 Å². The third kappa shape index (κ3) is 2.50. The molecule has 0 aliphatic heterocycles. The summed E-state index contributed by atoms with van der Waals surface area (Å²) in [6, 6.07) is 0. The fourth-order valence-electron chi connectivity index (χ4n) is 1.28. The third-order valence-electron chi connectivity index (χ3n) is 2.11. The maximum absolute atomic E-state index is 10.9. The van der Waals surface area contributed by atoms with E-state index in [1.165, 1.54) is 0 Å². The molecule has 0 aromatic carbocycles. The quantitative estimate of drug-likeness (QED) is 0.606. The van der Waals surface area contributed by atoms with Crippen LogP contribution >= 0.6 is 0 Å². The minimum absolute atomic E-state index is 0.0755. The van der Waals surface area contributed by atoms with Gasteiger partial charge in [-0.1, -0.05) is 0 Å². The number of hydrogen-bond acceptors (Lipinski definition) is 3. The average molecular weight is 157 g/mol. The molecule has 1 saturated carbocycles. The minimum Gasteiger partial charge on any atom is -0.466 e. The van der Waals surface area contributed by atoms with E-state index in [1.54, 1.807) is 0 Å². The van der Waals surface area contributed by atoms with Crippen molar-refractivity contribution in [3.8, 4) is 0 Å². The van der Waals surface area contributed by atoms with Gasteiger partial charge in [-0.15, -0.1) is 0 Å². The number of esters is 1. The molecule has 0 spiro atoms. The summed E-state index contributed by atoms with van der Waals surface area (Å²) in [6.07, 6.45) is 1.67. The Morgan fingerprint density at radius 1 is 1.64 bits per heavy atom. The van der Waals surface area contributed by atoms with Crippen LogP contribution in [0.5, 0.6) is 0 Å². The van der Waals surface area contributed by atoms with Gasteiger partial charge in [0.05, 0.1) is 6.61 Å². The summed E-state index contributed by atoms with van der Waals surface area (Å²) < 4.78 is 4.81. The molecule has 1 aliphatic carbocycles. The van der Waals surface area contributed by atoms with Crippen LogP contribution < -0.4 is 5.73 Å². The third-order valence-corrected chi connectivity index (χ3v) is 2.11. The Morgan fingerprint density at radius 2 is 2.36 bits per heavy atom. The maximum atomic E-state index is 10.9. The molecule has 0 bridgehead atoms. The molecule has 0 aromatic heterocycles. The summed E-state index contributed by atoms with van der Waals surface area (Å²) in [7, 11) is 0. The topological polar surface area (TPSA) is 52.3 Å². The van der Waals surface area contributed by atoms with Gasteiger partial charge in [0.25, 0.3) is 0 Å². The first-order valence-electron chi connectivity index (χ1n) is 4.13. The van der Waals surface area contributed by atoms with E-state index in [2.05, 4.69) is 0 Å². The van der Waals surface area contributed by atoms with Crippen molar-refractivity contribution in [2.45, 2.75) is 19.8 Å². The number of rotatable bonds is 4. The largest absolute Gasteiger partial charge is 0.466 e. The Hall–Kier alpha value is -0.570. The first kappa shape index (κ1) is 8.53. The number of carbonyl (C=O) groups excluding carboxylic acids is 1. The summed E-state index contributed by atoms with van der Waals surface area (Å²) in [4.78, 5) is 10.9. The summed E-state index contributed by atoms with van der Waals surface area (Å²) in [5, 5.41) is 0. The van der Waals surface area contributed by atoms with Crippen molar-refractivity contribution in [3.05, 3.63) is 0 Å². The SMILES string of the molecule is CCOC(=O)C[C@@H]1C[C@@H]1CN. The minimum atomic E-state index is -0.0755. The summed E-state index contributed by atoms with van der Waals surface area (Å²) in [6.45, 7) is 3.02. The summed E-state index contributed by atoms with van der Waals surface area (Å²) in [5.74, 6) is 1.02. The van der Waals surface area contributed by atoms with Gasteiger partial charge >= 0.3 is 5.97 Å². The van der Waals surface area contributed by atoms with E-state index in [-0.39, 0.29) is 5.97 Å². The van der Waals surface area contributed by atoms with E-state index in [1.807, 2.05) is 6.92 Å². The van der Waals surface area contributed by atoms with Crippen molar-refractivity contribution in [2.75, 3.05) is 13.2 Å². The molecule has 1 fully saturated rings. The lowest BCUT2D eigenvalue weighted by molar-refractivity contribution is -0.143. The van der Waals surface area contributed by atoms with Crippen LogP contribution in [0, 0.1) is 11.8 Å². The molecule has 1 aliphatic rings. The normalized spacial score (nSPS) is 28.2. The van der Waals surface area contributed by atoms with Crippen molar-refractivity contribution >= 4 is 5.97 Å². The van der Waals surface area contributed by atoms with Gasteiger partial charge in [-0.25, -0.2) is 0 Å². The van der Waals surface area contributed by atoms with E-state index < -0.39 is 0 Å². The van der Waals surface area contributed by atoms with Crippen LogP contribution in [0.25, 0.3) is 0 Å². The Labute approximate surface area is 66.9 Å². The average Bonchev–Trinajstić information content (AvgIpc) is 2.68. The fraction of sp³-hybridized carbons (Fsp3) is 0.875. The zero-order valence-corrected chi connectivity index (χ0v) is 6.88. The van der Waals surface area contributed by atoms with Crippen LogP contribution in [-0.2, 0) is 9.53 Å². The Balaban J connectivity index is 2.08. The highest BCUT2D eigenvalue weighted by Crippen LogP contribution is 2.40. The molecule has 3 nitrogen and oxygen atoms in total. The molecular formula is C8H15NO2. The van der Waals surface area contributed by atoms with Crippen LogP contribution in [0.15, 0.2) is 0 Å². The molecular weight excluding hydrogens is 142 g/mol. The lowest BCUT2D eigenvalue weighted by atomic mass is 10.2. The molecule has 0 amide bonds. The number of nitrogens with two attached hydrogens (primary N) is 1. The molecule has 1 rings (SSSR count). The van der Waals surface area contributed by atoms with E-state index in [9.17, 15) is 4.79 Å². The van der Waals surface area contributed by atoms with Crippen molar-refractivity contribution in [3.63, 3.8) is 0 Å². The molecule has 11 heavy (non-hydrogen) atoms. The van der Waals surface area contributed by atoms with Gasteiger partial charge in [-0.2, -0.15) is 0 Å². The molecule has 0 aromatic rings. The predicted molar refractivity (Wildman–Crippen MR) is 41.9 cm³/mol. The Morgan fingerprint density at radius 3 is 2.82 bits per heavy atom. The monoisotopic (exact) mass is 157 g/mol. The lowest BCUT2D eigenvalue weighted by Crippen LogP contribution is -2.08. The van der Waals surface area contributed by atoms with Gasteiger partial charge in [-0.05, 0) is 31.7 Å². The highest BCUT2D eigenvalue weighted by molar-refractivity contribution is 5.70. The zero-order valence-electron chi connectivity index (χ0n) is 6.88. The summed E-state index contributed by atoms with van der Waals surface area (Å²) >= 11 is 0. The van der Waals surface area contributed by atoms with Crippen molar-refractivity contribution < 1.29 is 9.53 Å². The second kappa shape index (κ2) is 3.72. The molecule has 0 unspecified atom stereocenters. The van der Waals surface area contributed by atoms with Crippen LogP contribution in [0.1, 0.15) is 19.8 Å². The lowest BCUT2D eigenvalue weighted by Gasteiger charge is -1.99. The van der Waals surface area contributed by atoms with E-state index in [4.69, 9.17) is 10.5 Å². The molecule has 2 N–H and O–H groups in total. The molecule has 64 valence electrons. The van der Waals surface area contributed by atoms with Gasteiger partial charge in [0.2, 0.25) is 0 Å². The van der Waals surface area contributed by atoms with E-state index in [0.717, 1.165) is 6.42 Å². The molecule has 0 saturated heterocycles. The Kier molecular flexibility index (Phi) is 2.88. The van der Waals surface area contributed by atoms with Gasteiger partial charge in [0.1, 0.15) is 0 Å². The zero-order chi connectivity index (χ0) is 8.27. The van der Waals surface area contributed by atoms with Crippen LogP contribution in [0.4, 0.5) is 0 Å². The second-order valence-electron chi connectivity index (χ2n) is 3.00. The molecule has 2 atom stereocenters. The van der Waals surface area contributed by atoms with Crippen molar-refractivity contribution in [1.29, 1.82) is 0 Å².